The van der Waals surface area contributed by atoms with Crippen LogP contribution in [0.2, 0.25) is 0 Å². The largest absolute Gasteiger partial charge is 0.368 e. The van der Waals surface area contributed by atoms with Gasteiger partial charge in [0.15, 0.2) is 5.65 Å². The van der Waals surface area contributed by atoms with Gasteiger partial charge in [-0.2, -0.15) is 10.1 Å². The van der Waals surface area contributed by atoms with Gasteiger partial charge in [0.2, 0.25) is 5.95 Å². The molecule has 4 N–H and O–H groups in total. The van der Waals surface area contributed by atoms with Crippen LogP contribution in [0.3, 0.4) is 0 Å². The molecule has 0 unspecified atom stereocenters. The molecule has 0 aliphatic carbocycles. The number of hydrogen-bond acceptors (Lipinski definition) is 4. The lowest BCUT2D eigenvalue weighted by Crippen LogP contribution is -1.97. The molecule has 3 aromatic heterocycles. The van der Waals surface area contributed by atoms with Crippen LogP contribution in [-0.2, 0) is 0 Å². The number of aromatic nitrogens is 5. The van der Waals surface area contributed by atoms with Gasteiger partial charge in [-0.1, -0.05) is 11.6 Å². The maximum absolute atomic E-state index is 5.78. The highest BCUT2D eigenvalue weighted by Gasteiger charge is 2.14. The van der Waals surface area contributed by atoms with Crippen LogP contribution in [0.1, 0.15) is 5.56 Å². The fourth-order valence-electron chi connectivity index (χ4n) is 2.49. The van der Waals surface area contributed by atoms with E-state index < -0.39 is 0 Å². The van der Waals surface area contributed by atoms with Crippen molar-refractivity contribution in [3.05, 3.63) is 36.2 Å². The summed E-state index contributed by atoms with van der Waals surface area (Å²) in [5, 5.41) is 8.83. The Balaban J connectivity index is 2.10. The number of anilines is 1. The lowest BCUT2D eigenvalue weighted by molar-refractivity contribution is 1.09. The van der Waals surface area contributed by atoms with Crippen LogP contribution in [0.5, 0.6) is 0 Å². The van der Waals surface area contributed by atoms with Gasteiger partial charge in [0, 0.05) is 22.7 Å². The minimum Gasteiger partial charge on any atom is -0.368 e. The third-order valence-electron chi connectivity index (χ3n) is 3.42. The predicted octanol–water partition coefficient (Wildman–Crippen LogP) is 2.39. The van der Waals surface area contributed by atoms with Gasteiger partial charge in [-0.3, -0.25) is 5.10 Å². The van der Waals surface area contributed by atoms with Crippen molar-refractivity contribution in [3.8, 4) is 11.3 Å². The molecular weight excluding hydrogens is 252 g/mol. The Morgan fingerprint density at radius 2 is 2.05 bits per heavy atom. The number of nitrogens with zero attached hydrogens (tertiary/aromatic N) is 3. The predicted molar refractivity (Wildman–Crippen MR) is 78.1 cm³/mol. The van der Waals surface area contributed by atoms with E-state index in [1.54, 1.807) is 6.20 Å². The van der Waals surface area contributed by atoms with Crippen LogP contribution in [0.25, 0.3) is 33.2 Å². The second-order valence-corrected chi connectivity index (χ2v) is 4.81. The van der Waals surface area contributed by atoms with E-state index in [1.165, 1.54) is 5.56 Å². The number of nitrogens with one attached hydrogen (secondary N) is 2. The third kappa shape index (κ3) is 1.48. The number of fused-ring (bicyclic) bond motifs is 2. The first-order valence-electron chi connectivity index (χ1n) is 6.27. The van der Waals surface area contributed by atoms with Gasteiger partial charge in [0.25, 0.3) is 0 Å². The molecule has 1 aromatic carbocycles. The number of nitrogen functional groups attached to an aromatic ring is 1. The molecule has 3 heterocycles. The standard InChI is InChI=1S/C14H12N6/c1-7-2-3-11-8(4-7)9(5-16-11)12-10-6-17-20-13(10)19-14(15)18-12/h2-6,16H,1H3,(H3,15,17,18,19,20). The van der Waals surface area contributed by atoms with E-state index in [0.717, 1.165) is 27.5 Å². The molecule has 6 heteroatoms. The van der Waals surface area contributed by atoms with Crippen LogP contribution in [0, 0.1) is 6.92 Å². The maximum atomic E-state index is 5.78. The van der Waals surface area contributed by atoms with E-state index in [2.05, 4.69) is 50.3 Å². The zero-order valence-corrected chi connectivity index (χ0v) is 10.8. The Bertz CT molecular complexity index is 933. The summed E-state index contributed by atoms with van der Waals surface area (Å²) in [5.41, 5.74) is 10.5. The molecule has 98 valence electrons. The third-order valence-corrected chi connectivity index (χ3v) is 3.42. The van der Waals surface area contributed by atoms with E-state index in [-0.39, 0.29) is 5.95 Å². The van der Waals surface area contributed by atoms with E-state index in [1.807, 2.05) is 6.20 Å². The fourth-order valence-corrected chi connectivity index (χ4v) is 2.49. The Morgan fingerprint density at radius 3 is 2.95 bits per heavy atom. The number of benzene rings is 1. The smallest absolute Gasteiger partial charge is 0.222 e. The summed E-state index contributed by atoms with van der Waals surface area (Å²) in [6.07, 6.45) is 3.66. The normalized spacial score (nSPS) is 11.4. The summed E-state index contributed by atoms with van der Waals surface area (Å²) in [6.45, 7) is 2.07. The van der Waals surface area contributed by atoms with E-state index in [9.17, 15) is 0 Å². The molecule has 0 saturated carbocycles. The van der Waals surface area contributed by atoms with Crippen molar-refractivity contribution in [3.63, 3.8) is 0 Å². The molecule has 0 spiro atoms. The zero-order chi connectivity index (χ0) is 13.7. The number of nitrogens with two attached hydrogens (primary N) is 1. The summed E-state index contributed by atoms with van der Waals surface area (Å²) >= 11 is 0. The molecule has 0 aliphatic rings. The Kier molecular flexibility index (Phi) is 2.09. The van der Waals surface area contributed by atoms with Crippen molar-refractivity contribution in [2.75, 3.05) is 5.73 Å². The van der Waals surface area contributed by atoms with Crippen LogP contribution in [-0.4, -0.2) is 25.1 Å². The maximum Gasteiger partial charge on any atom is 0.222 e. The van der Waals surface area contributed by atoms with Crippen LogP contribution < -0.4 is 5.73 Å². The summed E-state index contributed by atoms with van der Waals surface area (Å²) in [5.74, 6) is 0.235. The number of rotatable bonds is 1. The molecule has 4 rings (SSSR count). The van der Waals surface area contributed by atoms with Crippen molar-refractivity contribution in [2.45, 2.75) is 6.92 Å². The van der Waals surface area contributed by atoms with Gasteiger partial charge in [0.05, 0.1) is 17.3 Å². The van der Waals surface area contributed by atoms with Crippen LogP contribution >= 0.6 is 0 Å². The van der Waals surface area contributed by atoms with Gasteiger partial charge in [-0.25, -0.2) is 4.98 Å². The second kappa shape index (κ2) is 3.80. The molecule has 0 bridgehead atoms. The molecular formula is C14H12N6. The van der Waals surface area contributed by atoms with Crippen molar-refractivity contribution < 1.29 is 0 Å². The average Bonchev–Trinajstić information content (AvgIpc) is 3.03. The Hall–Kier alpha value is -2.89. The second-order valence-electron chi connectivity index (χ2n) is 4.81. The summed E-state index contributed by atoms with van der Waals surface area (Å²) < 4.78 is 0. The Morgan fingerprint density at radius 1 is 1.15 bits per heavy atom. The monoisotopic (exact) mass is 264 g/mol. The SMILES string of the molecule is Cc1ccc2[nH]cc(-c3nc(N)nc4[nH]ncc34)c2c1. The summed E-state index contributed by atoms with van der Waals surface area (Å²) in [4.78, 5) is 11.8. The number of aryl methyl sites for hydroxylation is 1. The van der Waals surface area contributed by atoms with E-state index in [0.29, 0.717) is 5.65 Å². The molecule has 0 saturated heterocycles. The lowest BCUT2D eigenvalue weighted by atomic mass is 10.1. The van der Waals surface area contributed by atoms with Gasteiger partial charge < -0.3 is 10.7 Å². The summed E-state index contributed by atoms with van der Waals surface area (Å²) in [7, 11) is 0. The van der Waals surface area contributed by atoms with Crippen molar-refractivity contribution in [2.24, 2.45) is 0 Å². The van der Waals surface area contributed by atoms with Gasteiger partial charge in [0.1, 0.15) is 0 Å². The Labute approximate surface area is 114 Å². The molecule has 0 fully saturated rings. The summed E-state index contributed by atoms with van der Waals surface area (Å²) in [6, 6.07) is 6.26. The zero-order valence-electron chi connectivity index (χ0n) is 10.8. The fraction of sp³-hybridized carbons (Fsp3) is 0.0714. The van der Waals surface area contributed by atoms with Gasteiger partial charge in [-0.15, -0.1) is 0 Å². The number of aromatic amines is 2. The highest BCUT2D eigenvalue weighted by molar-refractivity contribution is 6.02. The highest BCUT2D eigenvalue weighted by Crippen LogP contribution is 2.32. The molecule has 6 nitrogen and oxygen atoms in total. The minimum atomic E-state index is 0.235. The van der Waals surface area contributed by atoms with E-state index >= 15 is 0 Å². The van der Waals surface area contributed by atoms with Crippen LogP contribution in [0.4, 0.5) is 5.95 Å². The first-order valence-corrected chi connectivity index (χ1v) is 6.27. The van der Waals surface area contributed by atoms with Crippen LogP contribution in [0.15, 0.2) is 30.6 Å². The molecule has 0 atom stereocenters. The first kappa shape index (κ1) is 11.0. The highest BCUT2D eigenvalue weighted by atomic mass is 15.2. The lowest BCUT2D eigenvalue weighted by Gasteiger charge is -2.02. The molecule has 0 aliphatic heterocycles. The molecule has 4 aromatic rings. The topological polar surface area (TPSA) is 96.3 Å². The first-order chi connectivity index (χ1) is 9.72. The number of hydrogen-bond donors (Lipinski definition) is 3. The number of H-pyrrole nitrogens is 2. The molecule has 0 radical (unpaired) electrons. The van der Waals surface area contributed by atoms with Crippen molar-refractivity contribution >= 4 is 27.9 Å². The van der Waals surface area contributed by atoms with E-state index in [4.69, 9.17) is 5.73 Å². The minimum absolute atomic E-state index is 0.235. The van der Waals surface area contributed by atoms with Crippen molar-refractivity contribution in [1.82, 2.24) is 25.1 Å². The average molecular weight is 264 g/mol. The van der Waals surface area contributed by atoms with Crippen molar-refractivity contribution in [1.29, 1.82) is 0 Å². The van der Waals surface area contributed by atoms with Gasteiger partial charge in [-0.05, 0) is 19.1 Å². The van der Waals surface area contributed by atoms with Gasteiger partial charge >= 0.3 is 0 Å². The molecule has 0 amide bonds. The quantitative estimate of drug-likeness (QED) is 0.491. The molecule has 20 heavy (non-hydrogen) atoms.